The first kappa shape index (κ1) is 19.2. The van der Waals surface area contributed by atoms with E-state index < -0.39 is 24.3 Å². The third-order valence-corrected chi connectivity index (χ3v) is 4.08. The molecule has 0 atom stereocenters. The van der Waals surface area contributed by atoms with Gasteiger partial charge < -0.3 is 9.64 Å². The fraction of sp³-hybridized carbons (Fsp3) is 0.222. The molecule has 0 fully saturated rings. The fourth-order valence-electron chi connectivity index (χ4n) is 2.09. The zero-order valence-corrected chi connectivity index (χ0v) is 15.0. The number of hydrogen-bond acceptors (Lipinski definition) is 3. The lowest BCUT2D eigenvalue weighted by atomic mass is 10.1. The second-order valence-corrected chi connectivity index (χ2v) is 6.26. The van der Waals surface area contributed by atoms with E-state index in [0.29, 0.717) is 21.2 Å². The maximum absolute atomic E-state index is 13.6. The molecule has 0 heterocycles. The number of hydrogen-bond donors (Lipinski definition) is 0. The molecule has 0 spiro atoms. The van der Waals surface area contributed by atoms with Gasteiger partial charge in [0, 0.05) is 29.2 Å². The maximum atomic E-state index is 13.6. The topological polar surface area (TPSA) is 46.6 Å². The van der Waals surface area contributed by atoms with E-state index in [9.17, 15) is 14.0 Å². The molecule has 0 saturated carbocycles. The molecule has 0 N–H and O–H groups in total. The van der Waals surface area contributed by atoms with Crippen molar-refractivity contribution >= 4 is 35.1 Å². The monoisotopic (exact) mass is 383 g/mol. The molecule has 0 aliphatic rings. The summed E-state index contributed by atoms with van der Waals surface area (Å²) in [5.74, 6) is -1.41. The summed E-state index contributed by atoms with van der Waals surface area (Å²) in [5.41, 5.74) is 0.945. The van der Waals surface area contributed by atoms with Crippen LogP contribution >= 0.6 is 23.2 Å². The minimum absolute atomic E-state index is 0.0691. The highest BCUT2D eigenvalue weighted by molar-refractivity contribution is 6.35. The van der Waals surface area contributed by atoms with Crippen LogP contribution in [0.4, 0.5) is 4.39 Å². The summed E-state index contributed by atoms with van der Waals surface area (Å²) in [4.78, 5) is 25.1. The van der Waals surface area contributed by atoms with Gasteiger partial charge >= 0.3 is 5.97 Å². The summed E-state index contributed by atoms with van der Waals surface area (Å²) in [6.07, 6.45) is -0.0691. The van der Waals surface area contributed by atoms with Crippen molar-refractivity contribution in [2.45, 2.75) is 13.0 Å². The molecule has 0 radical (unpaired) electrons. The van der Waals surface area contributed by atoms with Crippen LogP contribution in [0.5, 0.6) is 0 Å². The predicted molar refractivity (Wildman–Crippen MR) is 94.0 cm³/mol. The number of carbonyl (C=O) groups excluding carboxylic acids is 2. The fourth-order valence-corrected chi connectivity index (χ4v) is 2.57. The summed E-state index contributed by atoms with van der Waals surface area (Å²) in [5, 5.41) is 0.819. The van der Waals surface area contributed by atoms with E-state index in [0.717, 1.165) is 0 Å². The van der Waals surface area contributed by atoms with Gasteiger partial charge in [-0.1, -0.05) is 47.5 Å². The van der Waals surface area contributed by atoms with Gasteiger partial charge in [0.05, 0.1) is 6.42 Å². The smallest absolute Gasteiger partial charge is 0.310 e. The molecule has 1 amide bonds. The SMILES string of the molecule is CN(Cc1ccccc1F)C(=O)COC(=O)Cc1ccc(Cl)cc1Cl. The molecule has 0 aliphatic carbocycles. The first-order valence-electron chi connectivity index (χ1n) is 7.43. The van der Waals surface area contributed by atoms with Crippen molar-refractivity contribution in [2.75, 3.05) is 13.7 Å². The van der Waals surface area contributed by atoms with Crippen molar-refractivity contribution in [2.24, 2.45) is 0 Å². The second-order valence-electron chi connectivity index (χ2n) is 5.41. The average molecular weight is 384 g/mol. The van der Waals surface area contributed by atoms with E-state index in [2.05, 4.69) is 0 Å². The molecular formula is C18H16Cl2FNO3. The van der Waals surface area contributed by atoms with Crippen LogP contribution in [0.3, 0.4) is 0 Å². The Morgan fingerprint density at radius 3 is 2.52 bits per heavy atom. The van der Waals surface area contributed by atoms with Gasteiger partial charge in [0.2, 0.25) is 0 Å². The van der Waals surface area contributed by atoms with E-state index in [1.165, 1.54) is 24.1 Å². The molecule has 0 bridgehead atoms. The molecule has 2 aromatic rings. The van der Waals surface area contributed by atoms with Crippen LogP contribution in [0.25, 0.3) is 0 Å². The van der Waals surface area contributed by atoms with Crippen LogP contribution in [-0.4, -0.2) is 30.4 Å². The van der Waals surface area contributed by atoms with Crippen LogP contribution in [-0.2, 0) is 27.3 Å². The zero-order valence-electron chi connectivity index (χ0n) is 13.5. The Morgan fingerprint density at radius 2 is 1.84 bits per heavy atom. The van der Waals surface area contributed by atoms with Crippen LogP contribution in [0, 0.1) is 5.82 Å². The lowest BCUT2D eigenvalue weighted by Gasteiger charge is -2.17. The molecule has 0 aromatic heterocycles. The third kappa shape index (κ3) is 5.73. The second kappa shape index (κ2) is 8.83. The van der Waals surface area contributed by atoms with Crippen molar-refractivity contribution in [3.05, 3.63) is 69.5 Å². The van der Waals surface area contributed by atoms with Crippen molar-refractivity contribution in [1.29, 1.82) is 0 Å². The number of likely N-dealkylation sites (N-methyl/N-ethyl adjacent to an activating group) is 1. The van der Waals surface area contributed by atoms with Gasteiger partial charge in [0.1, 0.15) is 5.82 Å². The van der Waals surface area contributed by atoms with Gasteiger partial charge in [-0.05, 0) is 23.8 Å². The summed E-state index contributed by atoms with van der Waals surface area (Å²) in [6.45, 7) is -0.332. The van der Waals surface area contributed by atoms with E-state index in [1.807, 2.05) is 0 Å². The molecule has 0 saturated heterocycles. The highest BCUT2D eigenvalue weighted by Crippen LogP contribution is 2.21. The van der Waals surface area contributed by atoms with E-state index in [1.54, 1.807) is 30.3 Å². The van der Waals surface area contributed by atoms with E-state index >= 15 is 0 Å². The van der Waals surface area contributed by atoms with Crippen molar-refractivity contribution < 1.29 is 18.7 Å². The van der Waals surface area contributed by atoms with Gasteiger partial charge in [-0.15, -0.1) is 0 Å². The van der Waals surface area contributed by atoms with Crippen LogP contribution < -0.4 is 0 Å². The lowest BCUT2D eigenvalue weighted by molar-refractivity contribution is -0.151. The number of nitrogens with zero attached hydrogens (tertiary/aromatic N) is 1. The number of halogens is 3. The quantitative estimate of drug-likeness (QED) is 0.711. The summed E-state index contributed by atoms with van der Waals surface area (Å²) < 4.78 is 18.6. The normalized spacial score (nSPS) is 10.4. The predicted octanol–water partition coefficient (Wildman–Crippen LogP) is 3.88. The summed E-state index contributed by atoms with van der Waals surface area (Å²) >= 11 is 11.8. The molecule has 0 unspecified atom stereocenters. The van der Waals surface area contributed by atoms with Crippen molar-refractivity contribution in [1.82, 2.24) is 4.90 Å². The molecule has 25 heavy (non-hydrogen) atoms. The summed E-state index contributed by atoms with van der Waals surface area (Å²) in [7, 11) is 1.51. The largest absolute Gasteiger partial charge is 0.455 e. The highest BCUT2D eigenvalue weighted by Gasteiger charge is 2.15. The number of ether oxygens (including phenoxy) is 1. The number of benzene rings is 2. The van der Waals surface area contributed by atoms with Crippen molar-refractivity contribution in [3.63, 3.8) is 0 Å². The van der Waals surface area contributed by atoms with Gasteiger partial charge in [-0.25, -0.2) is 4.39 Å². The average Bonchev–Trinajstić information content (AvgIpc) is 2.57. The maximum Gasteiger partial charge on any atom is 0.310 e. The van der Waals surface area contributed by atoms with Crippen LogP contribution in [0.2, 0.25) is 10.0 Å². The molecular weight excluding hydrogens is 368 g/mol. The van der Waals surface area contributed by atoms with Gasteiger partial charge in [0.25, 0.3) is 5.91 Å². The minimum Gasteiger partial charge on any atom is -0.455 e. The van der Waals surface area contributed by atoms with Gasteiger partial charge in [-0.3, -0.25) is 9.59 Å². The van der Waals surface area contributed by atoms with E-state index in [4.69, 9.17) is 27.9 Å². The van der Waals surface area contributed by atoms with Gasteiger partial charge in [-0.2, -0.15) is 0 Å². The first-order chi connectivity index (χ1) is 11.9. The number of rotatable bonds is 6. The van der Waals surface area contributed by atoms with Crippen LogP contribution in [0.1, 0.15) is 11.1 Å². The lowest BCUT2D eigenvalue weighted by Crippen LogP contribution is -2.31. The van der Waals surface area contributed by atoms with E-state index in [-0.39, 0.29) is 13.0 Å². The third-order valence-electron chi connectivity index (χ3n) is 3.50. The van der Waals surface area contributed by atoms with Gasteiger partial charge in [0.15, 0.2) is 6.61 Å². The standard InChI is InChI=1S/C18H16Cl2FNO3/c1-22(10-13-4-2-3-5-16(13)21)17(23)11-25-18(24)8-12-6-7-14(19)9-15(12)20/h2-7,9H,8,10-11H2,1H3. The first-order valence-corrected chi connectivity index (χ1v) is 8.19. The Bertz CT molecular complexity index is 783. The molecule has 7 heteroatoms. The number of amides is 1. The molecule has 2 rings (SSSR count). The minimum atomic E-state index is -0.586. The Labute approximate surface area is 155 Å². The highest BCUT2D eigenvalue weighted by atomic mass is 35.5. The molecule has 2 aromatic carbocycles. The Morgan fingerprint density at radius 1 is 1.12 bits per heavy atom. The summed E-state index contributed by atoms with van der Waals surface area (Å²) in [6, 6.07) is 10.9. The van der Waals surface area contributed by atoms with Crippen molar-refractivity contribution in [3.8, 4) is 0 Å². The molecule has 132 valence electrons. The van der Waals surface area contributed by atoms with Crippen LogP contribution in [0.15, 0.2) is 42.5 Å². The Kier molecular flexibility index (Phi) is 6.79. The Balaban J connectivity index is 1.84. The molecule has 0 aliphatic heterocycles. The number of esters is 1. The number of carbonyl (C=O) groups is 2. The molecule has 4 nitrogen and oxygen atoms in total. The zero-order chi connectivity index (χ0) is 18.4. The Hall–Kier alpha value is -2.11.